The maximum absolute atomic E-state index is 14.1. The third-order valence-electron chi connectivity index (χ3n) is 6.36. The predicted octanol–water partition coefficient (Wildman–Crippen LogP) is 7.15. The van der Waals surface area contributed by atoms with Crippen LogP contribution in [0.15, 0.2) is 71.6 Å². The molecular weight excluding hydrogens is 534 g/mol. The second kappa shape index (κ2) is 14.2. The summed E-state index contributed by atoms with van der Waals surface area (Å²) in [5.74, 6) is -0.782. The SMILES string of the molecule is COc1ccc(F)c(CN2CCC(COc3ccc(-c4ccc(SC)cc4)cc3)CC2)c1.O=C(O)C(F)(F)F. The molecule has 0 bridgehead atoms. The molecule has 3 aromatic rings. The molecule has 0 unspecified atom stereocenters. The van der Waals surface area contributed by atoms with E-state index >= 15 is 0 Å². The average molecular weight is 566 g/mol. The molecule has 0 aromatic heterocycles. The Balaban J connectivity index is 0.000000532. The van der Waals surface area contributed by atoms with E-state index in [9.17, 15) is 17.6 Å². The highest BCUT2D eigenvalue weighted by Crippen LogP contribution is 2.27. The molecule has 1 aliphatic rings. The summed E-state index contributed by atoms with van der Waals surface area (Å²) in [5.41, 5.74) is 3.11. The Labute approximate surface area is 229 Å². The van der Waals surface area contributed by atoms with Gasteiger partial charge < -0.3 is 14.6 Å². The van der Waals surface area contributed by atoms with Crippen molar-refractivity contribution in [3.05, 3.63) is 78.1 Å². The molecule has 5 nitrogen and oxygen atoms in total. The lowest BCUT2D eigenvalue weighted by molar-refractivity contribution is -0.192. The molecule has 0 saturated carbocycles. The van der Waals surface area contributed by atoms with Crippen LogP contribution in [0.4, 0.5) is 17.6 Å². The van der Waals surface area contributed by atoms with E-state index in [0.717, 1.165) is 38.3 Å². The number of halogens is 4. The van der Waals surface area contributed by atoms with Gasteiger partial charge in [0.05, 0.1) is 13.7 Å². The Hall–Kier alpha value is -3.24. The van der Waals surface area contributed by atoms with Crippen molar-refractivity contribution in [1.82, 2.24) is 4.90 Å². The summed E-state index contributed by atoms with van der Waals surface area (Å²) in [6, 6.07) is 21.9. The molecular formula is C29H31F4NO4S. The fourth-order valence-corrected chi connectivity index (χ4v) is 4.50. The fraction of sp³-hybridized carbons (Fsp3) is 0.345. The molecule has 0 radical (unpaired) electrons. The number of benzene rings is 3. The number of piperidine rings is 1. The zero-order valence-corrected chi connectivity index (χ0v) is 22.5. The second-order valence-corrected chi connectivity index (χ2v) is 9.92. The van der Waals surface area contributed by atoms with Gasteiger partial charge in [0.1, 0.15) is 17.3 Å². The summed E-state index contributed by atoms with van der Waals surface area (Å²) in [5, 5.41) is 7.12. The number of hydrogen-bond donors (Lipinski definition) is 1. The summed E-state index contributed by atoms with van der Waals surface area (Å²) < 4.78 is 57.2. The zero-order chi connectivity index (χ0) is 28.4. The van der Waals surface area contributed by atoms with Crippen LogP contribution in [0.1, 0.15) is 18.4 Å². The topological polar surface area (TPSA) is 59.0 Å². The van der Waals surface area contributed by atoms with Gasteiger partial charge in [-0.1, -0.05) is 24.3 Å². The van der Waals surface area contributed by atoms with Gasteiger partial charge in [-0.2, -0.15) is 13.2 Å². The number of alkyl halides is 3. The van der Waals surface area contributed by atoms with Gasteiger partial charge >= 0.3 is 12.1 Å². The molecule has 0 amide bonds. The first-order valence-electron chi connectivity index (χ1n) is 12.3. The van der Waals surface area contributed by atoms with Gasteiger partial charge in [-0.25, -0.2) is 9.18 Å². The van der Waals surface area contributed by atoms with Crippen LogP contribution in [0.2, 0.25) is 0 Å². The molecule has 0 aliphatic carbocycles. The maximum Gasteiger partial charge on any atom is 0.490 e. The molecule has 39 heavy (non-hydrogen) atoms. The number of likely N-dealkylation sites (tertiary alicyclic amines) is 1. The van der Waals surface area contributed by atoms with Gasteiger partial charge in [0, 0.05) is 17.0 Å². The first-order chi connectivity index (χ1) is 18.6. The van der Waals surface area contributed by atoms with E-state index in [0.29, 0.717) is 23.8 Å². The van der Waals surface area contributed by atoms with Crippen molar-refractivity contribution in [3.63, 3.8) is 0 Å². The number of nitrogens with zero attached hydrogens (tertiary/aromatic N) is 1. The second-order valence-electron chi connectivity index (χ2n) is 9.04. The number of rotatable bonds is 8. The highest BCUT2D eigenvalue weighted by atomic mass is 32.2. The molecule has 0 atom stereocenters. The lowest BCUT2D eigenvalue weighted by Gasteiger charge is -2.32. The summed E-state index contributed by atoms with van der Waals surface area (Å²) in [4.78, 5) is 12.5. The monoisotopic (exact) mass is 565 g/mol. The largest absolute Gasteiger partial charge is 0.497 e. The Morgan fingerprint density at radius 2 is 1.51 bits per heavy atom. The number of thioether (sulfide) groups is 1. The number of methoxy groups -OCH3 is 1. The molecule has 1 N–H and O–H groups in total. The van der Waals surface area contributed by atoms with Crippen LogP contribution in [0.25, 0.3) is 11.1 Å². The Kier molecular flexibility index (Phi) is 11.1. The number of carboxylic acids is 1. The molecule has 210 valence electrons. The molecule has 4 rings (SSSR count). The number of carbonyl (C=O) groups is 1. The first-order valence-corrected chi connectivity index (χ1v) is 13.5. The van der Waals surface area contributed by atoms with E-state index in [-0.39, 0.29) is 5.82 Å². The van der Waals surface area contributed by atoms with E-state index < -0.39 is 12.1 Å². The Morgan fingerprint density at radius 3 is 2.03 bits per heavy atom. The van der Waals surface area contributed by atoms with Crippen LogP contribution in [-0.4, -0.2) is 55.2 Å². The molecule has 1 aliphatic heterocycles. The van der Waals surface area contributed by atoms with E-state index in [1.165, 1.54) is 22.1 Å². The molecule has 1 heterocycles. The van der Waals surface area contributed by atoms with Gasteiger partial charge in [-0.3, -0.25) is 4.90 Å². The fourth-order valence-electron chi connectivity index (χ4n) is 4.09. The van der Waals surface area contributed by atoms with Crippen molar-refractivity contribution in [3.8, 4) is 22.6 Å². The van der Waals surface area contributed by atoms with Gasteiger partial charge in [-0.15, -0.1) is 11.8 Å². The van der Waals surface area contributed by atoms with E-state index in [1.54, 1.807) is 31.0 Å². The lowest BCUT2D eigenvalue weighted by Crippen LogP contribution is -2.35. The third-order valence-corrected chi connectivity index (χ3v) is 7.10. The normalized spacial score (nSPS) is 14.3. The Bertz CT molecular complexity index is 1200. The standard InChI is InChI=1S/C27H30FNO2S.C2HF3O2/c1-30-25-9-12-27(28)23(17-25)18-29-15-13-20(14-16-29)19-31-24-7-3-21(4-8-24)22-5-10-26(32-2)11-6-22;3-2(4,5)1(6)7/h3-12,17,20H,13-16,18-19H2,1-2H3;(H,6,7). The quantitative estimate of drug-likeness (QED) is 0.231. The van der Waals surface area contributed by atoms with Crippen LogP contribution in [0.3, 0.4) is 0 Å². The van der Waals surface area contributed by atoms with Crippen LogP contribution in [-0.2, 0) is 11.3 Å². The van der Waals surface area contributed by atoms with Crippen molar-refractivity contribution >= 4 is 17.7 Å². The zero-order valence-electron chi connectivity index (χ0n) is 21.7. The van der Waals surface area contributed by atoms with Gasteiger partial charge in [0.2, 0.25) is 0 Å². The molecule has 10 heteroatoms. The van der Waals surface area contributed by atoms with Gasteiger partial charge in [0.25, 0.3) is 0 Å². The third kappa shape index (κ3) is 9.47. The number of ether oxygens (including phenoxy) is 2. The molecule has 0 spiro atoms. The summed E-state index contributed by atoms with van der Waals surface area (Å²) >= 11 is 1.75. The highest BCUT2D eigenvalue weighted by molar-refractivity contribution is 7.98. The number of hydrogen-bond acceptors (Lipinski definition) is 5. The maximum atomic E-state index is 14.1. The first kappa shape index (κ1) is 30.3. The number of carboxylic acid groups (broad SMARTS) is 1. The molecule has 3 aromatic carbocycles. The van der Waals surface area contributed by atoms with Crippen molar-refractivity contribution in [1.29, 1.82) is 0 Å². The van der Waals surface area contributed by atoms with Crippen molar-refractivity contribution < 1.29 is 36.9 Å². The smallest absolute Gasteiger partial charge is 0.490 e. The van der Waals surface area contributed by atoms with Crippen LogP contribution in [0.5, 0.6) is 11.5 Å². The predicted molar refractivity (Wildman–Crippen MR) is 144 cm³/mol. The average Bonchev–Trinajstić information content (AvgIpc) is 2.94. The minimum Gasteiger partial charge on any atom is -0.497 e. The van der Waals surface area contributed by atoms with Crippen molar-refractivity contribution in [2.45, 2.75) is 30.5 Å². The van der Waals surface area contributed by atoms with E-state index in [4.69, 9.17) is 19.4 Å². The van der Waals surface area contributed by atoms with Crippen LogP contribution in [0, 0.1) is 11.7 Å². The highest BCUT2D eigenvalue weighted by Gasteiger charge is 2.38. The van der Waals surface area contributed by atoms with Crippen LogP contribution >= 0.6 is 11.8 Å². The Morgan fingerprint density at radius 1 is 0.974 bits per heavy atom. The summed E-state index contributed by atoms with van der Waals surface area (Å²) in [6.45, 7) is 3.25. The summed E-state index contributed by atoms with van der Waals surface area (Å²) in [6.07, 6.45) is -0.873. The van der Waals surface area contributed by atoms with Crippen molar-refractivity contribution in [2.24, 2.45) is 5.92 Å². The minimum absolute atomic E-state index is 0.167. The lowest BCUT2D eigenvalue weighted by atomic mass is 9.97. The van der Waals surface area contributed by atoms with Gasteiger partial charge in [0.15, 0.2) is 0 Å². The molecule has 1 fully saturated rings. The minimum atomic E-state index is -5.08. The number of aliphatic carboxylic acids is 1. The summed E-state index contributed by atoms with van der Waals surface area (Å²) in [7, 11) is 1.61. The van der Waals surface area contributed by atoms with Gasteiger partial charge in [-0.05, 0) is 91.7 Å². The van der Waals surface area contributed by atoms with Crippen molar-refractivity contribution in [2.75, 3.05) is 33.1 Å². The molecule has 1 saturated heterocycles. The van der Waals surface area contributed by atoms with E-state index in [2.05, 4.69) is 59.7 Å². The van der Waals surface area contributed by atoms with Crippen LogP contribution < -0.4 is 9.47 Å². The van der Waals surface area contributed by atoms with E-state index in [1.807, 2.05) is 0 Å².